The zero-order valence-electron chi connectivity index (χ0n) is 17.1. The summed E-state index contributed by atoms with van der Waals surface area (Å²) >= 11 is 1.20. The summed E-state index contributed by atoms with van der Waals surface area (Å²) in [5.74, 6) is 1.64. The van der Waals surface area contributed by atoms with Gasteiger partial charge in [0.05, 0.1) is 25.7 Å². The third-order valence-electron chi connectivity index (χ3n) is 5.05. The molecule has 0 saturated carbocycles. The van der Waals surface area contributed by atoms with E-state index in [2.05, 4.69) is 26.7 Å². The van der Waals surface area contributed by atoms with Gasteiger partial charge in [-0.2, -0.15) is 0 Å². The van der Waals surface area contributed by atoms with Crippen molar-refractivity contribution < 1.29 is 14.3 Å². The molecule has 1 aromatic heterocycles. The molecule has 0 aliphatic carbocycles. The standard InChI is InChI=1S/C23H25N3O3S/c1-3-28-19-10-6-18(7-11-19)26-14-21(15-26)29-20-8-4-17(5-9-20)16(2)25-23(27)22-12-13-24-30-22/h4-13,16,21H,3,14-15H2,1-2H3,(H,25,27)/t16-/m0/s1. The van der Waals surface area contributed by atoms with Gasteiger partial charge in [0.15, 0.2) is 0 Å². The minimum atomic E-state index is -0.103. The van der Waals surface area contributed by atoms with Crippen LogP contribution in [-0.4, -0.2) is 36.1 Å². The highest BCUT2D eigenvalue weighted by Crippen LogP contribution is 2.27. The van der Waals surface area contributed by atoms with Crippen LogP contribution in [0.3, 0.4) is 0 Å². The largest absolute Gasteiger partial charge is 0.494 e. The van der Waals surface area contributed by atoms with Gasteiger partial charge in [-0.15, -0.1) is 0 Å². The van der Waals surface area contributed by atoms with Crippen LogP contribution in [0.25, 0.3) is 0 Å². The highest BCUT2D eigenvalue weighted by Gasteiger charge is 2.28. The number of hydrogen-bond acceptors (Lipinski definition) is 6. The molecule has 1 aliphatic heterocycles. The van der Waals surface area contributed by atoms with Crippen LogP contribution in [0, 0.1) is 0 Å². The molecular weight excluding hydrogens is 398 g/mol. The number of hydrogen-bond donors (Lipinski definition) is 1. The van der Waals surface area contributed by atoms with Gasteiger partial charge in [-0.1, -0.05) is 12.1 Å². The second kappa shape index (κ2) is 9.17. The van der Waals surface area contributed by atoms with Crippen LogP contribution in [0.1, 0.15) is 35.1 Å². The fourth-order valence-electron chi connectivity index (χ4n) is 3.35. The van der Waals surface area contributed by atoms with E-state index in [4.69, 9.17) is 9.47 Å². The number of carbonyl (C=O) groups excluding carboxylic acids is 1. The van der Waals surface area contributed by atoms with E-state index in [1.807, 2.05) is 50.2 Å². The Hall–Kier alpha value is -3.06. The fourth-order valence-corrected chi connectivity index (χ4v) is 3.85. The Kier molecular flexibility index (Phi) is 6.18. The molecule has 0 unspecified atom stereocenters. The van der Waals surface area contributed by atoms with Crippen molar-refractivity contribution >= 4 is 23.1 Å². The molecule has 1 aliphatic rings. The van der Waals surface area contributed by atoms with Gasteiger partial charge in [-0.05, 0) is 73.4 Å². The normalized spacial score (nSPS) is 14.7. The SMILES string of the molecule is CCOc1ccc(N2CC(Oc3ccc([C@H](C)NC(=O)c4ccns4)cc3)C2)cc1. The zero-order chi connectivity index (χ0) is 20.9. The lowest BCUT2D eigenvalue weighted by atomic mass is 10.1. The van der Waals surface area contributed by atoms with E-state index >= 15 is 0 Å². The minimum Gasteiger partial charge on any atom is -0.494 e. The average Bonchev–Trinajstić information content (AvgIpc) is 3.27. The smallest absolute Gasteiger partial charge is 0.263 e. The van der Waals surface area contributed by atoms with Crippen molar-refractivity contribution in [1.29, 1.82) is 0 Å². The van der Waals surface area contributed by atoms with Gasteiger partial charge in [-0.3, -0.25) is 4.79 Å². The number of aromatic nitrogens is 1. The number of anilines is 1. The Morgan fingerprint density at radius 1 is 1.13 bits per heavy atom. The summed E-state index contributed by atoms with van der Waals surface area (Å²) in [6.07, 6.45) is 1.80. The number of amides is 1. The van der Waals surface area contributed by atoms with Gasteiger partial charge in [0.2, 0.25) is 0 Å². The highest BCUT2D eigenvalue weighted by atomic mass is 32.1. The highest BCUT2D eigenvalue weighted by molar-refractivity contribution is 7.08. The zero-order valence-corrected chi connectivity index (χ0v) is 17.9. The molecule has 0 bridgehead atoms. The Morgan fingerprint density at radius 2 is 1.83 bits per heavy atom. The number of ether oxygens (including phenoxy) is 2. The Balaban J connectivity index is 1.26. The van der Waals surface area contributed by atoms with Gasteiger partial charge in [-0.25, -0.2) is 4.37 Å². The second-order valence-electron chi connectivity index (χ2n) is 7.21. The van der Waals surface area contributed by atoms with E-state index in [0.717, 1.165) is 30.2 Å². The maximum absolute atomic E-state index is 12.2. The van der Waals surface area contributed by atoms with Gasteiger partial charge in [0.1, 0.15) is 22.5 Å². The van der Waals surface area contributed by atoms with E-state index in [1.54, 1.807) is 12.3 Å². The summed E-state index contributed by atoms with van der Waals surface area (Å²) in [4.78, 5) is 15.1. The van der Waals surface area contributed by atoms with Gasteiger partial charge < -0.3 is 19.7 Å². The van der Waals surface area contributed by atoms with E-state index in [-0.39, 0.29) is 18.1 Å². The lowest BCUT2D eigenvalue weighted by Crippen LogP contribution is -2.54. The van der Waals surface area contributed by atoms with Crippen LogP contribution in [-0.2, 0) is 0 Å². The lowest BCUT2D eigenvalue weighted by molar-refractivity contribution is 0.0944. The summed E-state index contributed by atoms with van der Waals surface area (Å²) in [5.41, 5.74) is 2.21. The summed E-state index contributed by atoms with van der Waals surface area (Å²) < 4.78 is 15.5. The minimum absolute atomic E-state index is 0.0903. The molecule has 1 fully saturated rings. The van der Waals surface area contributed by atoms with Crippen LogP contribution < -0.4 is 19.7 Å². The first-order valence-corrected chi connectivity index (χ1v) is 10.9. The number of rotatable bonds is 8. The molecule has 156 valence electrons. The van der Waals surface area contributed by atoms with E-state index in [0.29, 0.717) is 11.5 Å². The Labute approximate surface area is 180 Å². The van der Waals surface area contributed by atoms with Gasteiger partial charge in [0, 0.05) is 11.9 Å². The summed E-state index contributed by atoms with van der Waals surface area (Å²) in [7, 11) is 0. The topological polar surface area (TPSA) is 63.7 Å². The molecule has 1 atom stereocenters. The van der Waals surface area contributed by atoms with Crippen LogP contribution in [0.2, 0.25) is 0 Å². The van der Waals surface area contributed by atoms with E-state index in [1.165, 1.54) is 17.2 Å². The maximum atomic E-state index is 12.2. The molecule has 3 aromatic rings. The van der Waals surface area contributed by atoms with Gasteiger partial charge in [0.25, 0.3) is 5.91 Å². The monoisotopic (exact) mass is 423 g/mol. The van der Waals surface area contributed by atoms with Crippen LogP contribution in [0.15, 0.2) is 60.8 Å². The molecule has 1 saturated heterocycles. The van der Waals surface area contributed by atoms with Crippen molar-refractivity contribution in [2.24, 2.45) is 0 Å². The molecule has 2 heterocycles. The summed E-state index contributed by atoms with van der Waals surface area (Å²) in [5, 5.41) is 2.99. The third-order valence-corrected chi connectivity index (χ3v) is 5.80. The van der Waals surface area contributed by atoms with Crippen molar-refractivity contribution in [2.75, 3.05) is 24.6 Å². The fraction of sp³-hybridized carbons (Fsp3) is 0.304. The van der Waals surface area contributed by atoms with E-state index in [9.17, 15) is 4.79 Å². The van der Waals surface area contributed by atoms with Crippen molar-refractivity contribution in [2.45, 2.75) is 26.0 Å². The first kappa shape index (κ1) is 20.2. The number of nitrogens with one attached hydrogen (secondary N) is 1. The first-order valence-electron chi connectivity index (χ1n) is 10.1. The molecule has 1 amide bonds. The van der Waals surface area contributed by atoms with Crippen molar-refractivity contribution in [1.82, 2.24) is 9.69 Å². The molecule has 0 spiro atoms. The quantitative estimate of drug-likeness (QED) is 0.585. The lowest BCUT2D eigenvalue weighted by Gasteiger charge is -2.40. The Morgan fingerprint density at radius 3 is 2.47 bits per heavy atom. The predicted molar refractivity (Wildman–Crippen MR) is 119 cm³/mol. The molecule has 7 heteroatoms. The van der Waals surface area contributed by atoms with E-state index < -0.39 is 0 Å². The molecule has 4 rings (SSSR count). The average molecular weight is 424 g/mol. The van der Waals surface area contributed by atoms with Crippen LogP contribution >= 0.6 is 11.5 Å². The molecule has 2 aromatic carbocycles. The molecule has 6 nitrogen and oxygen atoms in total. The maximum Gasteiger partial charge on any atom is 0.263 e. The van der Waals surface area contributed by atoms with Crippen molar-refractivity contribution in [3.63, 3.8) is 0 Å². The van der Waals surface area contributed by atoms with Crippen LogP contribution in [0.4, 0.5) is 5.69 Å². The molecule has 30 heavy (non-hydrogen) atoms. The predicted octanol–water partition coefficient (Wildman–Crippen LogP) is 4.30. The molecule has 1 N–H and O–H groups in total. The second-order valence-corrected chi connectivity index (χ2v) is 8.05. The molecule has 0 radical (unpaired) electrons. The molecular formula is C23H25N3O3S. The Bertz CT molecular complexity index is 952. The number of benzene rings is 2. The van der Waals surface area contributed by atoms with Crippen LogP contribution in [0.5, 0.6) is 11.5 Å². The van der Waals surface area contributed by atoms with Crippen molar-refractivity contribution in [3.05, 3.63) is 71.2 Å². The van der Waals surface area contributed by atoms with Crippen molar-refractivity contribution in [3.8, 4) is 11.5 Å². The summed E-state index contributed by atoms with van der Waals surface area (Å²) in [6.45, 7) is 6.34. The third kappa shape index (κ3) is 4.74. The summed E-state index contributed by atoms with van der Waals surface area (Å²) in [6, 6.07) is 17.7. The number of nitrogens with zero attached hydrogens (tertiary/aromatic N) is 2. The first-order chi connectivity index (χ1) is 14.6. The number of carbonyl (C=O) groups is 1. The van der Waals surface area contributed by atoms with Gasteiger partial charge >= 0.3 is 0 Å².